The van der Waals surface area contributed by atoms with Crippen LogP contribution in [0.15, 0.2) is 24.3 Å². The van der Waals surface area contributed by atoms with Crippen LogP contribution in [0.5, 0.6) is 0 Å². The third-order valence-electron chi connectivity index (χ3n) is 2.49. The second-order valence-electron chi connectivity index (χ2n) is 3.85. The first-order chi connectivity index (χ1) is 8.20. The Morgan fingerprint density at radius 2 is 2.06 bits per heavy atom. The van der Waals surface area contributed by atoms with Crippen molar-refractivity contribution >= 4 is 23.2 Å². The molecule has 17 heavy (non-hydrogen) atoms. The topological polar surface area (TPSA) is 30.7 Å². The van der Waals surface area contributed by atoms with Gasteiger partial charge in [0.05, 0.1) is 6.54 Å². The van der Waals surface area contributed by atoms with Gasteiger partial charge in [-0.3, -0.25) is 4.57 Å². The Labute approximate surface area is 110 Å². The molecule has 90 valence electrons. The molecule has 1 heterocycles. The second-order valence-corrected chi connectivity index (χ2v) is 4.63. The van der Waals surface area contributed by atoms with Crippen molar-refractivity contribution in [3.05, 3.63) is 46.0 Å². The van der Waals surface area contributed by atoms with E-state index in [0.717, 1.165) is 29.3 Å². The van der Waals surface area contributed by atoms with Gasteiger partial charge in [0.25, 0.3) is 0 Å². The number of aromatic nitrogens is 3. The van der Waals surface area contributed by atoms with Gasteiger partial charge >= 0.3 is 0 Å². The Balaban J connectivity index is 2.26. The lowest BCUT2D eigenvalue weighted by molar-refractivity contribution is 0.705. The van der Waals surface area contributed by atoms with Crippen molar-refractivity contribution in [2.24, 2.45) is 0 Å². The van der Waals surface area contributed by atoms with Gasteiger partial charge in [-0.05, 0) is 35.7 Å². The zero-order valence-electron chi connectivity index (χ0n) is 9.53. The largest absolute Gasteiger partial charge is 0.297 e. The Morgan fingerprint density at radius 3 is 2.76 bits per heavy atom. The molecule has 0 bridgehead atoms. The van der Waals surface area contributed by atoms with E-state index in [-0.39, 0.29) is 0 Å². The smallest absolute Gasteiger partial charge is 0.225 e. The number of benzene rings is 1. The predicted octanol–water partition coefficient (Wildman–Crippen LogP) is 3.59. The highest BCUT2D eigenvalue weighted by Gasteiger charge is 2.09. The van der Waals surface area contributed by atoms with E-state index < -0.39 is 0 Å². The summed E-state index contributed by atoms with van der Waals surface area (Å²) < 4.78 is 1.91. The maximum absolute atomic E-state index is 6.03. The van der Waals surface area contributed by atoms with E-state index in [9.17, 15) is 0 Å². The number of rotatable bonds is 4. The van der Waals surface area contributed by atoms with Crippen LogP contribution in [0.2, 0.25) is 10.3 Å². The fraction of sp³-hybridized carbons (Fsp3) is 0.333. The molecular formula is C12H13Cl2N3. The predicted molar refractivity (Wildman–Crippen MR) is 69.6 cm³/mol. The molecule has 0 amide bonds. The highest BCUT2D eigenvalue weighted by atomic mass is 35.5. The first-order valence-corrected chi connectivity index (χ1v) is 6.28. The third kappa shape index (κ3) is 2.99. The van der Waals surface area contributed by atoms with E-state index in [1.165, 1.54) is 0 Å². The summed E-state index contributed by atoms with van der Waals surface area (Å²) in [6.07, 6.45) is 1.89. The summed E-state index contributed by atoms with van der Waals surface area (Å²) >= 11 is 12.0. The molecule has 0 saturated carbocycles. The van der Waals surface area contributed by atoms with Crippen molar-refractivity contribution < 1.29 is 0 Å². The molecule has 0 aliphatic carbocycles. The summed E-state index contributed by atoms with van der Waals surface area (Å²) in [5, 5.41) is 9.12. The quantitative estimate of drug-likeness (QED) is 0.850. The first-order valence-electron chi connectivity index (χ1n) is 5.52. The van der Waals surface area contributed by atoms with Gasteiger partial charge in [-0.15, -0.1) is 10.2 Å². The van der Waals surface area contributed by atoms with Crippen LogP contribution in [0.3, 0.4) is 0 Å². The summed E-state index contributed by atoms with van der Waals surface area (Å²) in [4.78, 5) is 0. The lowest BCUT2D eigenvalue weighted by Gasteiger charge is -2.07. The van der Waals surface area contributed by atoms with Gasteiger partial charge in [-0.1, -0.05) is 30.7 Å². The van der Waals surface area contributed by atoms with Crippen LogP contribution in [0, 0.1) is 0 Å². The molecule has 0 saturated heterocycles. The second kappa shape index (κ2) is 5.52. The lowest BCUT2D eigenvalue weighted by Crippen LogP contribution is -2.05. The highest BCUT2D eigenvalue weighted by molar-refractivity contribution is 6.30. The van der Waals surface area contributed by atoms with Gasteiger partial charge in [0.1, 0.15) is 5.82 Å². The van der Waals surface area contributed by atoms with Crippen LogP contribution in [0.1, 0.15) is 24.7 Å². The molecule has 0 radical (unpaired) electrons. The fourth-order valence-electron chi connectivity index (χ4n) is 1.70. The van der Waals surface area contributed by atoms with Gasteiger partial charge in [-0.25, -0.2) is 0 Å². The fourth-order valence-corrected chi connectivity index (χ4v) is 2.10. The van der Waals surface area contributed by atoms with Crippen molar-refractivity contribution in [1.82, 2.24) is 14.8 Å². The molecule has 0 N–H and O–H groups in total. The van der Waals surface area contributed by atoms with Crippen LogP contribution in [0.4, 0.5) is 0 Å². The van der Waals surface area contributed by atoms with Gasteiger partial charge in [0.2, 0.25) is 5.28 Å². The normalized spacial score (nSPS) is 10.8. The SMILES string of the molecule is CCCc1nnc(Cl)n1Cc1cccc(Cl)c1. The monoisotopic (exact) mass is 269 g/mol. The minimum Gasteiger partial charge on any atom is -0.297 e. The molecule has 1 aromatic carbocycles. The number of hydrogen-bond donors (Lipinski definition) is 0. The minimum absolute atomic E-state index is 0.424. The van der Waals surface area contributed by atoms with Crippen LogP contribution < -0.4 is 0 Å². The van der Waals surface area contributed by atoms with Crippen molar-refractivity contribution in [1.29, 1.82) is 0 Å². The Morgan fingerprint density at radius 1 is 1.24 bits per heavy atom. The van der Waals surface area contributed by atoms with E-state index in [0.29, 0.717) is 11.8 Å². The van der Waals surface area contributed by atoms with E-state index in [1.807, 2.05) is 28.8 Å². The molecule has 0 fully saturated rings. The molecule has 0 spiro atoms. The van der Waals surface area contributed by atoms with Crippen molar-refractivity contribution in [3.63, 3.8) is 0 Å². The highest BCUT2D eigenvalue weighted by Crippen LogP contribution is 2.16. The standard InChI is InChI=1S/C12H13Cl2N3/c1-2-4-11-15-16-12(14)17(11)8-9-5-3-6-10(13)7-9/h3,5-7H,2,4,8H2,1H3. The number of halogens is 2. The zero-order chi connectivity index (χ0) is 12.3. The zero-order valence-corrected chi connectivity index (χ0v) is 11.0. The summed E-state index contributed by atoms with van der Waals surface area (Å²) in [7, 11) is 0. The summed E-state index contributed by atoms with van der Waals surface area (Å²) in [6, 6.07) is 7.72. The molecule has 2 aromatic rings. The van der Waals surface area contributed by atoms with E-state index in [4.69, 9.17) is 23.2 Å². The van der Waals surface area contributed by atoms with Gasteiger partial charge in [0.15, 0.2) is 0 Å². The molecule has 5 heteroatoms. The summed E-state index contributed by atoms with van der Waals surface area (Å²) in [5.41, 5.74) is 1.09. The first kappa shape index (κ1) is 12.4. The molecule has 2 rings (SSSR count). The van der Waals surface area contributed by atoms with Crippen LogP contribution in [0.25, 0.3) is 0 Å². The molecule has 0 unspecified atom stereocenters. The molecule has 0 aliphatic heterocycles. The third-order valence-corrected chi connectivity index (χ3v) is 3.00. The Bertz CT molecular complexity index is 508. The summed E-state index contributed by atoms with van der Waals surface area (Å²) in [5.74, 6) is 0.914. The van der Waals surface area contributed by atoms with Crippen LogP contribution >= 0.6 is 23.2 Å². The lowest BCUT2D eigenvalue weighted by atomic mass is 10.2. The molecule has 0 atom stereocenters. The molecule has 0 aliphatic rings. The maximum atomic E-state index is 6.03. The number of hydrogen-bond acceptors (Lipinski definition) is 2. The van der Waals surface area contributed by atoms with Gasteiger partial charge in [0, 0.05) is 11.4 Å². The maximum Gasteiger partial charge on any atom is 0.225 e. The van der Waals surface area contributed by atoms with Gasteiger partial charge < -0.3 is 0 Å². The number of nitrogens with zero attached hydrogens (tertiary/aromatic N) is 3. The van der Waals surface area contributed by atoms with E-state index in [2.05, 4.69) is 17.1 Å². The average molecular weight is 270 g/mol. The van der Waals surface area contributed by atoms with E-state index >= 15 is 0 Å². The minimum atomic E-state index is 0.424. The molecule has 3 nitrogen and oxygen atoms in total. The van der Waals surface area contributed by atoms with Gasteiger partial charge in [-0.2, -0.15) is 0 Å². The number of aryl methyl sites for hydroxylation is 1. The molecule has 1 aromatic heterocycles. The van der Waals surface area contributed by atoms with Crippen molar-refractivity contribution in [2.75, 3.05) is 0 Å². The van der Waals surface area contributed by atoms with Crippen molar-refractivity contribution in [2.45, 2.75) is 26.3 Å². The van der Waals surface area contributed by atoms with Crippen LogP contribution in [-0.4, -0.2) is 14.8 Å². The average Bonchev–Trinajstić information content (AvgIpc) is 2.62. The van der Waals surface area contributed by atoms with E-state index in [1.54, 1.807) is 0 Å². The van der Waals surface area contributed by atoms with Crippen molar-refractivity contribution in [3.8, 4) is 0 Å². The Kier molecular flexibility index (Phi) is 4.02. The molecular weight excluding hydrogens is 257 g/mol. The summed E-state index contributed by atoms with van der Waals surface area (Å²) in [6.45, 7) is 2.76. The Hall–Kier alpha value is -1.06. The van der Waals surface area contributed by atoms with Crippen LogP contribution in [-0.2, 0) is 13.0 Å².